The molecule has 0 amide bonds. The highest BCUT2D eigenvalue weighted by molar-refractivity contribution is 5.87. The molecule has 0 unspecified atom stereocenters. The van der Waals surface area contributed by atoms with Crippen molar-refractivity contribution in [1.82, 2.24) is 4.98 Å². The maximum Gasteiger partial charge on any atom is 0.331 e. The Morgan fingerprint density at radius 1 is 1.26 bits per heavy atom. The van der Waals surface area contributed by atoms with Crippen LogP contribution in [0.2, 0.25) is 0 Å². The maximum absolute atomic E-state index is 11.8. The highest BCUT2D eigenvalue weighted by atomic mass is 35.5. The Labute approximate surface area is 160 Å². The number of methoxy groups -OCH3 is 1. The molecular formula is C17H17ClN2O7. The van der Waals surface area contributed by atoms with Crippen molar-refractivity contribution in [2.24, 2.45) is 0 Å². The minimum absolute atomic E-state index is 0. The summed E-state index contributed by atoms with van der Waals surface area (Å²) in [4.78, 5) is 30.3. The molecule has 10 heteroatoms. The minimum Gasteiger partial charge on any atom is -0.504 e. The number of aromatic nitrogens is 1. The van der Waals surface area contributed by atoms with Crippen molar-refractivity contribution in [2.75, 3.05) is 7.11 Å². The van der Waals surface area contributed by atoms with Crippen molar-refractivity contribution < 1.29 is 29.3 Å². The number of phenolic OH excluding ortho intramolecular Hbond substituents is 1. The zero-order valence-corrected chi connectivity index (χ0v) is 15.0. The lowest BCUT2D eigenvalue weighted by atomic mass is 10.2. The number of halogens is 1. The highest BCUT2D eigenvalue weighted by Gasteiger charge is 2.05. The second-order valence-electron chi connectivity index (χ2n) is 4.99. The SMILES string of the molecule is COc1cc(/C=C/C(=O)OCc2cccc(CO[N+](=O)[O-])n2)ccc1O.Cl. The summed E-state index contributed by atoms with van der Waals surface area (Å²) in [5, 5.41) is 18.8. The first-order valence-corrected chi connectivity index (χ1v) is 7.42. The van der Waals surface area contributed by atoms with Crippen LogP contribution < -0.4 is 4.74 Å². The van der Waals surface area contributed by atoms with Crippen molar-refractivity contribution in [2.45, 2.75) is 13.2 Å². The molecule has 0 atom stereocenters. The summed E-state index contributed by atoms with van der Waals surface area (Å²) < 4.78 is 10.1. The van der Waals surface area contributed by atoms with E-state index in [-0.39, 0.29) is 31.4 Å². The molecule has 0 aliphatic rings. The van der Waals surface area contributed by atoms with E-state index in [2.05, 4.69) is 9.82 Å². The quantitative estimate of drug-likeness (QED) is 0.313. The Bertz CT molecular complexity index is 827. The molecule has 2 rings (SSSR count). The Kier molecular flexibility index (Phi) is 8.54. The van der Waals surface area contributed by atoms with Crippen LogP contribution in [0.15, 0.2) is 42.5 Å². The lowest BCUT2D eigenvalue weighted by molar-refractivity contribution is -0.763. The fourth-order valence-electron chi connectivity index (χ4n) is 1.96. The number of hydrogen-bond acceptors (Lipinski definition) is 8. The van der Waals surface area contributed by atoms with E-state index in [0.717, 1.165) is 0 Å². The van der Waals surface area contributed by atoms with Crippen LogP contribution in [0.25, 0.3) is 6.08 Å². The van der Waals surface area contributed by atoms with Gasteiger partial charge in [0, 0.05) is 6.08 Å². The number of rotatable bonds is 8. The lowest BCUT2D eigenvalue weighted by Crippen LogP contribution is -2.06. The molecule has 0 radical (unpaired) electrons. The molecule has 0 bridgehead atoms. The number of ether oxygens (including phenoxy) is 2. The molecule has 2 aromatic rings. The standard InChI is InChI=1S/C17H16N2O7.ClH/c1-24-16-9-12(5-7-15(16)20)6-8-17(21)25-10-13-3-2-4-14(18-13)11-26-19(22)23;/h2-9,20H,10-11H2,1H3;1H/b8-6+;. The van der Waals surface area contributed by atoms with Gasteiger partial charge in [-0.25, -0.2) is 4.79 Å². The summed E-state index contributed by atoms with van der Waals surface area (Å²) in [6, 6.07) is 9.45. The number of aromatic hydroxyl groups is 1. The number of carbonyl (C=O) groups excluding carboxylic acids is 1. The summed E-state index contributed by atoms with van der Waals surface area (Å²) in [6.45, 7) is -0.369. The summed E-state index contributed by atoms with van der Waals surface area (Å²) in [5.41, 5.74) is 1.43. The van der Waals surface area contributed by atoms with Gasteiger partial charge < -0.3 is 19.4 Å². The molecule has 9 nitrogen and oxygen atoms in total. The third-order valence-electron chi connectivity index (χ3n) is 3.16. The Balaban J connectivity index is 0.00000364. The molecule has 0 saturated heterocycles. The average molecular weight is 397 g/mol. The lowest BCUT2D eigenvalue weighted by Gasteiger charge is -2.05. The van der Waals surface area contributed by atoms with E-state index in [4.69, 9.17) is 9.47 Å². The Morgan fingerprint density at radius 2 is 1.96 bits per heavy atom. The molecule has 1 N–H and O–H groups in total. The topological polar surface area (TPSA) is 121 Å². The van der Waals surface area contributed by atoms with E-state index < -0.39 is 11.1 Å². The number of esters is 1. The monoisotopic (exact) mass is 396 g/mol. The first kappa shape index (κ1) is 21.7. The molecule has 1 aromatic carbocycles. The van der Waals surface area contributed by atoms with Crippen LogP contribution in [0.1, 0.15) is 17.0 Å². The van der Waals surface area contributed by atoms with Crippen LogP contribution >= 0.6 is 12.4 Å². The molecule has 0 spiro atoms. The van der Waals surface area contributed by atoms with Crippen LogP contribution in [0.5, 0.6) is 11.5 Å². The summed E-state index contributed by atoms with van der Waals surface area (Å²) in [5.74, 6) is -0.302. The van der Waals surface area contributed by atoms with Crippen molar-refractivity contribution >= 4 is 24.5 Å². The van der Waals surface area contributed by atoms with Gasteiger partial charge in [-0.05, 0) is 35.9 Å². The third kappa shape index (κ3) is 7.20. The molecule has 0 fully saturated rings. The van der Waals surface area contributed by atoms with E-state index >= 15 is 0 Å². The number of nitrogens with zero attached hydrogens (tertiary/aromatic N) is 2. The van der Waals surface area contributed by atoms with E-state index in [9.17, 15) is 20.0 Å². The molecular weight excluding hydrogens is 380 g/mol. The largest absolute Gasteiger partial charge is 0.504 e. The van der Waals surface area contributed by atoms with E-state index in [1.54, 1.807) is 30.3 Å². The van der Waals surface area contributed by atoms with Gasteiger partial charge in [-0.3, -0.25) is 4.98 Å². The smallest absolute Gasteiger partial charge is 0.331 e. The van der Waals surface area contributed by atoms with Crippen molar-refractivity contribution in [1.29, 1.82) is 0 Å². The summed E-state index contributed by atoms with van der Waals surface area (Å²) in [7, 11) is 1.43. The van der Waals surface area contributed by atoms with Crippen LogP contribution in [0, 0.1) is 10.1 Å². The first-order valence-electron chi connectivity index (χ1n) is 7.42. The number of phenols is 1. The average Bonchev–Trinajstić information content (AvgIpc) is 2.64. The normalized spacial score (nSPS) is 10.1. The predicted octanol–water partition coefficient (Wildman–Crippen LogP) is 2.68. The van der Waals surface area contributed by atoms with Crippen molar-refractivity contribution in [3.63, 3.8) is 0 Å². The van der Waals surface area contributed by atoms with Gasteiger partial charge in [-0.2, -0.15) is 0 Å². The number of carbonyl (C=O) groups is 1. The van der Waals surface area contributed by atoms with Crippen molar-refractivity contribution in [3.05, 3.63) is 69.5 Å². The van der Waals surface area contributed by atoms with Crippen LogP contribution in [0.4, 0.5) is 0 Å². The van der Waals surface area contributed by atoms with Crippen LogP contribution in [-0.4, -0.2) is 28.3 Å². The van der Waals surface area contributed by atoms with Crippen LogP contribution in [0.3, 0.4) is 0 Å². The van der Waals surface area contributed by atoms with Gasteiger partial charge in [0.15, 0.2) is 11.5 Å². The van der Waals surface area contributed by atoms with Gasteiger partial charge in [-0.15, -0.1) is 22.5 Å². The van der Waals surface area contributed by atoms with Gasteiger partial charge in [0.05, 0.1) is 18.5 Å². The summed E-state index contributed by atoms with van der Waals surface area (Å²) >= 11 is 0. The summed E-state index contributed by atoms with van der Waals surface area (Å²) in [6.07, 6.45) is 2.74. The highest BCUT2D eigenvalue weighted by Crippen LogP contribution is 2.26. The zero-order chi connectivity index (χ0) is 18.9. The first-order chi connectivity index (χ1) is 12.5. The van der Waals surface area contributed by atoms with Gasteiger partial charge in [0.25, 0.3) is 5.09 Å². The number of hydrogen-bond donors (Lipinski definition) is 1. The molecule has 0 saturated carbocycles. The third-order valence-corrected chi connectivity index (χ3v) is 3.16. The molecule has 144 valence electrons. The zero-order valence-electron chi connectivity index (χ0n) is 14.2. The Hall–Kier alpha value is -3.33. The molecule has 0 aliphatic carbocycles. The fourth-order valence-corrected chi connectivity index (χ4v) is 1.96. The predicted molar refractivity (Wildman–Crippen MR) is 96.8 cm³/mol. The van der Waals surface area contributed by atoms with Crippen molar-refractivity contribution in [3.8, 4) is 11.5 Å². The van der Waals surface area contributed by atoms with Gasteiger partial charge in [0.2, 0.25) is 0 Å². The maximum atomic E-state index is 11.8. The minimum atomic E-state index is -0.905. The molecule has 1 heterocycles. The van der Waals surface area contributed by atoms with Crippen LogP contribution in [-0.2, 0) is 27.6 Å². The van der Waals surface area contributed by atoms with E-state index in [1.165, 1.54) is 25.3 Å². The van der Waals surface area contributed by atoms with Gasteiger partial charge in [0.1, 0.15) is 13.2 Å². The van der Waals surface area contributed by atoms with E-state index in [0.29, 0.717) is 22.7 Å². The molecule has 1 aromatic heterocycles. The Morgan fingerprint density at radius 3 is 2.63 bits per heavy atom. The second kappa shape index (κ2) is 10.6. The van der Waals surface area contributed by atoms with Gasteiger partial charge >= 0.3 is 5.97 Å². The molecule has 27 heavy (non-hydrogen) atoms. The van der Waals surface area contributed by atoms with E-state index in [1.807, 2.05) is 0 Å². The number of pyridine rings is 1. The molecule has 0 aliphatic heterocycles. The fraction of sp³-hybridized carbons (Fsp3) is 0.176. The second-order valence-corrected chi connectivity index (χ2v) is 4.99. The number of benzene rings is 1. The van der Waals surface area contributed by atoms with Gasteiger partial charge in [-0.1, -0.05) is 12.1 Å².